The van der Waals surface area contributed by atoms with E-state index in [0.29, 0.717) is 44.3 Å². The van der Waals surface area contributed by atoms with E-state index in [0.717, 1.165) is 37.4 Å². The molecule has 29 heavy (non-hydrogen) atoms. The van der Waals surface area contributed by atoms with Crippen LogP contribution in [0, 0.1) is 5.92 Å². The second kappa shape index (κ2) is 7.65. The number of likely N-dealkylation sites (tertiary alicyclic amines) is 2. The molecule has 0 spiro atoms. The Hall–Kier alpha value is -2.06. The summed E-state index contributed by atoms with van der Waals surface area (Å²) in [4.78, 5) is 34.5. The van der Waals surface area contributed by atoms with Crippen LogP contribution in [-0.2, 0) is 13.1 Å². The van der Waals surface area contributed by atoms with E-state index in [9.17, 15) is 14.0 Å². The number of carbonyl (C=O) groups is 1. The zero-order valence-corrected chi connectivity index (χ0v) is 17.1. The fourth-order valence-corrected chi connectivity index (χ4v) is 5.65. The van der Waals surface area contributed by atoms with Crippen LogP contribution in [0.3, 0.4) is 0 Å². The van der Waals surface area contributed by atoms with Gasteiger partial charge >= 0.3 is 0 Å². The van der Waals surface area contributed by atoms with Gasteiger partial charge in [-0.15, -0.1) is 11.3 Å². The molecule has 154 valence electrons. The van der Waals surface area contributed by atoms with Crippen molar-refractivity contribution in [3.8, 4) is 0 Å². The van der Waals surface area contributed by atoms with Crippen molar-refractivity contribution in [2.75, 3.05) is 26.2 Å². The van der Waals surface area contributed by atoms with Crippen LogP contribution in [0.1, 0.15) is 46.9 Å². The molecule has 2 atom stereocenters. The summed E-state index contributed by atoms with van der Waals surface area (Å²) in [6.45, 7) is 4.14. The van der Waals surface area contributed by atoms with Gasteiger partial charge in [0.25, 0.3) is 11.5 Å². The van der Waals surface area contributed by atoms with Gasteiger partial charge < -0.3 is 9.47 Å². The summed E-state index contributed by atoms with van der Waals surface area (Å²) in [5, 5.41) is 2.09. The molecule has 0 aromatic carbocycles. The topological polar surface area (TPSA) is 58.4 Å². The zero-order valence-electron chi connectivity index (χ0n) is 16.3. The van der Waals surface area contributed by atoms with Gasteiger partial charge in [0.2, 0.25) is 0 Å². The Morgan fingerprint density at radius 2 is 2.03 bits per heavy atom. The van der Waals surface area contributed by atoms with Crippen molar-refractivity contribution in [1.29, 1.82) is 0 Å². The van der Waals surface area contributed by atoms with Crippen LogP contribution in [0.25, 0.3) is 0 Å². The number of piperidine rings is 2. The van der Waals surface area contributed by atoms with E-state index in [2.05, 4.69) is 15.3 Å². The van der Waals surface area contributed by atoms with Crippen molar-refractivity contribution in [3.05, 3.63) is 50.3 Å². The Morgan fingerprint density at radius 1 is 1.21 bits per heavy atom. The van der Waals surface area contributed by atoms with Gasteiger partial charge in [-0.2, -0.15) is 0 Å². The van der Waals surface area contributed by atoms with Crippen molar-refractivity contribution in [1.82, 2.24) is 19.4 Å². The monoisotopic (exact) mass is 416 g/mol. The summed E-state index contributed by atoms with van der Waals surface area (Å²) < 4.78 is 15.2. The van der Waals surface area contributed by atoms with Crippen molar-refractivity contribution in [2.24, 2.45) is 5.92 Å². The van der Waals surface area contributed by atoms with E-state index in [1.807, 2.05) is 16.1 Å². The molecule has 0 radical (unpaired) electrons. The molecule has 8 heteroatoms. The molecule has 0 N–H and O–H groups in total. The molecule has 0 aliphatic carbocycles. The second-order valence-corrected chi connectivity index (χ2v) is 9.25. The highest BCUT2D eigenvalue weighted by atomic mass is 32.1. The third-order valence-electron chi connectivity index (χ3n) is 6.49. The summed E-state index contributed by atoms with van der Waals surface area (Å²) in [6.07, 6.45) is 0.966. The molecule has 1 amide bonds. The van der Waals surface area contributed by atoms with Crippen molar-refractivity contribution >= 4 is 17.2 Å². The molecule has 2 aromatic rings. The third-order valence-corrected chi connectivity index (χ3v) is 7.13. The number of aromatic nitrogens is 2. The van der Waals surface area contributed by atoms with E-state index < -0.39 is 6.17 Å². The molecule has 2 saturated heterocycles. The van der Waals surface area contributed by atoms with Crippen LogP contribution in [0.2, 0.25) is 0 Å². The number of pyridine rings is 1. The van der Waals surface area contributed by atoms with Crippen molar-refractivity contribution in [3.63, 3.8) is 0 Å². The maximum atomic E-state index is 13.4. The number of amides is 1. The first-order valence-corrected chi connectivity index (χ1v) is 11.3. The van der Waals surface area contributed by atoms with Gasteiger partial charge in [-0.3, -0.25) is 14.5 Å². The lowest BCUT2D eigenvalue weighted by atomic mass is 9.83. The first kappa shape index (κ1) is 18.9. The smallest absolute Gasteiger partial charge is 0.263 e. The Kier molecular flexibility index (Phi) is 4.99. The summed E-state index contributed by atoms with van der Waals surface area (Å²) in [5.74, 6) is 0.462. The second-order valence-electron chi connectivity index (χ2n) is 8.53. The van der Waals surface area contributed by atoms with Crippen molar-refractivity contribution < 1.29 is 9.18 Å². The maximum Gasteiger partial charge on any atom is 0.263 e. The summed E-state index contributed by atoms with van der Waals surface area (Å²) in [7, 11) is 0. The molecule has 3 aliphatic rings. The fourth-order valence-electron chi connectivity index (χ4n) is 5.10. The highest BCUT2D eigenvalue weighted by Crippen LogP contribution is 2.35. The predicted octanol–water partition coefficient (Wildman–Crippen LogP) is 2.50. The van der Waals surface area contributed by atoms with Crippen LogP contribution in [-0.4, -0.2) is 57.6 Å². The molecular formula is C21H25FN4O2S. The highest BCUT2D eigenvalue weighted by molar-refractivity contribution is 7.07. The first-order chi connectivity index (χ1) is 14.1. The average molecular weight is 417 g/mol. The molecule has 2 aromatic heterocycles. The normalized spacial score (nSPS) is 25.1. The first-order valence-electron chi connectivity index (χ1n) is 10.3. The lowest BCUT2D eigenvalue weighted by Crippen LogP contribution is -2.48. The number of hydrogen-bond acceptors (Lipinski definition) is 5. The number of rotatable bonds is 3. The van der Waals surface area contributed by atoms with Gasteiger partial charge in [0.15, 0.2) is 0 Å². The number of carbonyl (C=O) groups excluding carboxylic acids is 1. The van der Waals surface area contributed by atoms with Gasteiger partial charge in [-0.05, 0) is 37.3 Å². The molecular weight excluding hydrogens is 391 g/mol. The molecule has 3 aliphatic heterocycles. The van der Waals surface area contributed by atoms with Crippen LogP contribution in [0.5, 0.6) is 0 Å². The van der Waals surface area contributed by atoms with Gasteiger partial charge in [0.05, 0.1) is 11.2 Å². The average Bonchev–Trinajstić information content (AvgIpc) is 3.22. The van der Waals surface area contributed by atoms with Gasteiger partial charge in [-0.1, -0.05) is 0 Å². The SMILES string of the molecule is O=C(c1ccc2n(c1=O)C[C@H]1C[C@@H]2CN(Cc2cscn2)C1)N1CCC(F)CC1. The molecule has 2 fully saturated rings. The van der Waals surface area contributed by atoms with Gasteiger partial charge in [0, 0.05) is 56.3 Å². The number of nitrogens with zero attached hydrogens (tertiary/aromatic N) is 4. The van der Waals surface area contributed by atoms with Gasteiger partial charge in [0.1, 0.15) is 11.7 Å². The Morgan fingerprint density at radius 3 is 2.79 bits per heavy atom. The van der Waals surface area contributed by atoms with Crippen LogP contribution < -0.4 is 5.56 Å². The van der Waals surface area contributed by atoms with E-state index in [1.165, 1.54) is 0 Å². The summed E-state index contributed by atoms with van der Waals surface area (Å²) in [5.41, 5.74) is 4.05. The molecule has 5 heterocycles. The molecule has 2 bridgehead atoms. The minimum atomic E-state index is -0.838. The van der Waals surface area contributed by atoms with Gasteiger partial charge in [-0.25, -0.2) is 9.37 Å². The van der Waals surface area contributed by atoms with Crippen LogP contribution in [0.15, 0.2) is 27.8 Å². The molecule has 0 unspecified atom stereocenters. The number of hydrogen-bond donors (Lipinski definition) is 0. The quantitative estimate of drug-likeness (QED) is 0.772. The number of halogens is 1. The predicted molar refractivity (Wildman–Crippen MR) is 109 cm³/mol. The Labute approximate surface area is 173 Å². The van der Waals surface area contributed by atoms with Crippen molar-refractivity contribution in [2.45, 2.75) is 44.4 Å². The molecule has 6 nitrogen and oxygen atoms in total. The van der Waals surface area contributed by atoms with E-state index in [-0.39, 0.29) is 17.0 Å². The minimum absolute atomic E-state index is 0.183. The largest absolute Gasteiger partial charge is 0.338 e. The van der Waals surface area contributed by atoms with E-state index in [1.54, 1.807) is 22.3 Å². The molecule has 0 saturated carbocycles. The zero-order chi connectivity index (χ0) is 20.0. The van der Waals surface area contributed by atoms with E-state index in [4.69, 9.17) is 0 Å². The summed E-state index contributed by atoms with van der Waals surface area (Å²) in [6, 6.07) is 3.65. The Bertz CT molecular complexity index is 952. The number of fused-ring (bicyclic) bond motifs is 4. The van der Waals surface area contributed by atoms with Crippen LogP contribution in [0.4, 0.5) is 4.39 Å². The standard InChI is InChI=1S/C21H25FN4O2S/c22-16-3-5-25(6-4-16)20(27)18-1-2-19-15-7-14(9-26(19)21(18)28)8-24(10-15)11-17-12-29-13-23-17/h1-2,12-16H,3-11H2/t14-,15+/m0/s1. The Balaban J connectivity index is 1.37. The molecule has 5 rings (SSSR count). The fraction of sp³-hybridized carbons (Fsp3) is 0.571. The highest BCUT2D eigenvalue weighted by Gasteiger charge is 2.36. The minimum Gasteiger partial charge on any atom is -0.338 e. The lowest BCUT2D eigenvalue weighted by Gasteiger charge is -2.42. The van der Waals surface area contributed by atoms with Crippen LogP contribution >= 0.6 is 11.3 Å². The summed E-state index contributed by atoms with van der Waals surface area (Å²) >= 11 is 1.62. The third kappa shape index (κ3) is 3.64. The van der Waals surface area contributed by atoms with E-state index >= 15 is 0 Å². The number of alkyl halides is 1. The number of thiazole rings is 1. The lowest BCUT2D eigenvalue weighted by molar-refractivity contribution is 0.0662. The maximum absolute atomic E-state index is 13.4.